The maximum Gasteiger partial charge on any atom is 0.220 e. The number of H-pyrrole nitrogens is 2. The van der Waals surface area contributed by atoms with E-state index < -0.39 is 0 Å². The van der Waals surface area contributed by atoms with E-state index in [-0.39, 0.29) is 5.95 Å². The van der Waals surface area contributed by atoms with E-state index in [0.29, 0.717) is 11.5 Å². The van der Waals surface area contributed by atoms with Gasteiger partial charge in [0.15, 0.2) is 5.82 Å². The standard InChI is InChI=1S/C12H9N7/c13-12-15-4-2-7(18-12)11-17-8-5-16-10-6(1-3-14-10)9(8)19-11/h1-5H,(H,14,16)(H,17,19)(H2,13,15,18). The van der Waals surface area contributed by atoms with Crippen LogP contribution in [0.2, 0.25) is 0 Å². The van der Waals surface area contributed by atoms with Crippen LogP contribution in [-0.4, -0.2) is 29.9 Å². The van der Waals surface area contributed by atoms with Crippen LogP contribution in [0.5, 0.6) is 0 Å². The van der Waals surface area contributed by atoms with Crippen molar-refractivity contribution in [3.05, 3.63) is 30.7 Å². The molecule has 0 saturated heterocycles. The lowest BCUT2D eigenvalue weighted by molar-refractivity contribution is 1.16. The summed E-state index contributed by atoms with van der Waals surface area (Å²) in [4.78, 5) is 23.1. The van der Waals surface area contributed by atoms with Crippen LogP contribution in [0, 0.1) is 0 Å². The molecular formula is C12H9N7. The summed E-state index contributed by atoms with van der Waals surface area (Å²) in [5.74, 6) is 0.877. The molecule has 4 heterocycles. The molecule has 0 bridgehead atoms. The summed E-state index contributed by atoms with van der Waals surface area (Å²) in [6, 6.07) is 3.71. The zero-order valence-corrected chi connectivity index (χ0v) is 9.75. The SMILES string of the molecule is Nc1nccc(-c2nc3c(cnc4[nH]ccc43)[nH]2)n1. The van der Waals surface area contributed by atoms with Gasteiger partial charge in [0.05, 0.1) is 11.7 Å². The first kappa shape index (κ1) is 10.0. The van der Waals surface area contributed by atoms with Crippen molar-refractivity contribution in [3.63, 3.8) is 0 Å². The summed E-state index contributed by atoms with van der Waals surface area (Å²) in [5, 5.41) is 0.974. The molecule has 0 aliphatic rings. The molecule has 0 aliphatic heterocycles. The number of imidazole rings is 1. The van der Waals surface area contributed by atoms with Gasteiger partial charge >= 0.3 is 0 Å². The predicted molar refractivity (Wildman–Crippen MR) is 71.2 cm³/mol. The molecule has 19 heavy (non-hydrogen) atoms. The van der Waals surface area contributed by atoms with Crippen LogP contribution in [-0.2, 0) is 0 Å². The third kappa shape index (κ3) is 1.45. The molecule has 0 fully saturated rings. The Kier molecular flexibility index (Phi) is 1.85. The minimum absolute atomic E-state index is 0.225. The van der Waals surface area contributed by atoms with Crippen LogP contribution in [0.4, 0.5) is 5.95 Å². The number of nitrogens with two attached hydrogens (primary N) is 1. The van der Waals surface area contributed by atoms with Gasteiger partial charge in [0.25, 0.3) is 0 Å². The van der Waals surface area contributed by atoms with Crippen LogP contribution >= 0.6 is 0 Å². The fraction of sp³-hybridized carbons (Fsp3) is 0. The highest BCUT2D eigenvalue weighted by Gasteiger charge is 2.10. The van der Waals surface area contributed by atoms with E-state index in [1.165, 1.54) is 0 Å². The van der Waals surface area contributed by atoms with Gasteiger partial charge in [-0.3, -0.25) is 0 Å². The van der Waals surface area contributed by atoms with Crippen molar-refractivity contribution in [2.75, 3.05) is 5.73 Å². The van der Waals surface area contributed by atoms with Gasteiger partial charge in [-0.05, 0) is 12.1 Å². The van der Waals surface area contributed by atoms with Gasteiger partial charge in [-0.25, -0.2) is 19.9 Å². The normalized spacial score (nSPS) is 11.4. The minimum atomic E-state index is 0.225. The van der Waals surface area contributed by atoms with Gasteiger partial charge in [-0.15, -0.1) is 0 Å². The number of pyridine rings is 1. The smallest absolute Gasteiger partial charge is 0.220 e. The highest BCUT2D eigenvalue weighted by Crippen LogP contribution is 2.24. The Hall–Kier alpha value is -2.96. The molecule has 7 heteroatoms. The molecule has 4 aromatic heterocycles. The summed E-state index contributed by atoms with van der Waals surface area (Å²) >= 11 is 0. The number of anilines is 1. The Labute approximate surface area is 106 Å². The van der Waals surface area contributed by atoms with Crippen molar-refractivity contribution in [3.8, 4) is 11.5 Å². The molecule has 4 N–H and O–H groups in total. The summed E-state index contributed by atoms with van der Waals surface area (Å²) < 4.78 is 0. The molecule has 7 nitrogen and oxygen atoms in total. The van der Waals surface area contributed by atoms with Crippen LogP contribution in [0.25, 0.3) is 33.6 Å². The number of aromatic amines is 2. The van der Waals surface area contributed by atoms with E-state index in [4.69, 9.17) is 5.73 Å². The van der Waals surface area contributed by atoms with Gasteiger partial charge in [-0.1, -0.05) is 0 Å². The van der Waals surface area contributed by atoms with E-state index in [1.807, 2.05) is 12.3 Å². The number of nitrogen functional groups attached to an aromatic ring is 1. The minimum Gasteiger partial charge on any atom is -0.368 e. The molecule has 0 saturated carbocycles. The van der Waals surface area contributed by atoms with E-state index in [9.17, 15) is 0 Å². The van der Waals surface area contributed by atoms with Crippen molar-refractivity contribution in [1.82, 2.24) is 29.9 Å². The summed E-state index contributed by atoms with van der Waals surface area (Å²) in [6.45, 7) is 0. The molecule has 0 radical (unpaired) electrons. The summed E-state index contributed by atoms with van der Waals surface area (Å²) in [7, 11) is 0. The lowest BCUT2D eigenvalue weighted by Gasteiger charge is -1.95. The Morgan fingerprint density at radius 3 is 2.95 bits per heavy atom. The van der Waals surface area contributed by atoms with Crippen molar-refractivity contribution in [2.45, 2.75) is 0 Å². The molecule has 92 valence electrons. The highest BCUT2D eigenvalue weighted by molar-refractivity contribution is 6.01. The molecule has 0 atom stereocenters. The molecular weight excluding hydrogens is 242 g/mol. The van der Waals surface area contributed by atoms with Crippen LogP contribution < -0.4 is 5.73 Å². The largest absolute Gasteiger partial charge is 0.368 e. The van der Waals surface area contributed by atoms with Crippen molar-refractivity contribution in [1.29, 1.82) is 0 Å². The first-order chi connectivity index (χ1) is 9.31. The number of hydrogen-bond acceptors (Lipinski definition) is 5. The number of aromatic nitrogens is 6. The molecule has 0 aromatic carbocycles. The van der Waals surface area contributed by atoms with Gasteiger partial charge in [-0.2, -0.15) is 0 Å². The predicted octanol–water partition coefficient (Wildman–Crippen LogP) is 1.48. The second-order valence-electron chi connectivity index (χ2n) is 4.15. The first-order valence-corrected chi connectivity index (χ1v) is 5.72. The maximum atomic E-state index is 5.58. The summed E-state index contributed by atoms with van der Waals surface area (Å²) in [6.07, 6.45) is 5.19. The van der Waals surface area contributed by atoms with Gasteiger partial charge in [0.2, 0.25) is 5.95 Å². The Bertz CT molecular complexity index is 889. The highest BCUT2D eigenvalue weighted by atomic mass is 15.0. The Morgan fingerprint density at radius 2 is 2.05 bits per heavy atom. The fourth-order valence-electron chi connectivity index (χ4n) is 2.10. The van der Waals surface area contributed by atoms with E-state index in [2.05, 4.69) is 29.9 Å². The van der Waals surface area contributed by atoms with E-state index in [1.54, 1.807) is 18.5 Å². The lowest BCUT2D eigenvalue weighted by atomic mass is 10.3. The third-order valence-corrected chi connectivity index (χ3v) is 2.95. The van der Waals surface area contributed by atoms with E-state index in [0.717, 1.165) is 22.1 Å². The number of rotatable bonds is 1. The zero-order valence-electron chi connectivity index (χ0n) is 9.75. The van der Waals surface area contributed by atoms with Crippen LogP contribution in [0.3, 0.4) is 0 Å². The van der Waals surface area contributed by atoms with Gasteiger partial charge in [0.1, 0.15) is 16.9 Å². The lowest BCUT2D eigenvalue weighted by Crippen LogP contribution is -1.95. The number of nitrogens with one attached hydrogen (secondary N) is 2. The van der Waals surface area contributed by atoms with Gasteiger partial charge < -0.3 is 15.7 Å². The Morgan fingerprint density at radius 1 is 1.11 bits per heavy atom. The second kappa shape index (κ2) is 3.52. The third-order valence-electron chi connectivity index (χ3n) is 2.95. The zero-order chi connectivity index (χ0) is 12.8. The molecule has 0 aliphatic carbocycles. The van der Waals surface area contributed by atoms with Crippen molar-refractivity contribution < 1.29 is 0 Å². The van der Waals surface area contributed by atoms with E-state index >= 15 is 0 Å². The number of nitrogens with zero attached hydrogens (tertiary/aromatic N) is 4. The molecule has 0 unspecified atom stereocenters. The second-order valence-corrected chi connectivity index (χ2v) is 4.15. The van der Waals surface area contributed by atoms with Crippen LogP contribution in [0.15, 0.2) is 30.7 Å². The molecule has 0 spiro atoms. The van der Waals surface area contributed by atoms with Gasteiger partial charge in [0, 0.05) is 17.8 Å². The summed E-state index contributed by atoms with van der Waals surface area (Å²) in [5.41, 5.74) is 8.78. The van der Waals surface area contributed by atoms with Crippen LogP contribution in [0.1, 0.15) is 0 Å². The molecule has 4 aromatic rings. The quantitative estimate of drug-likeness (QED) is 0.474. The van der Waals surface area contributed by atoms with Crippen molar-refractivity contribution >= 4 is 28.0 Å². The topological polar surface area (TPSA) is 109 Å². The number of fused-ring (bicyclic) bond motifs is 3. The molecule has 0 amide bonds. The average molecular weight is 251 g/mol. The first-order valence-electron chi connectivity index (χ1n) is 5.72. The molecule has 4 rings (SSSR count). The average Bonchev–Trinajstić information content (AvgIpc) is 3.04. The Balaban J connectivity index is 2.01. The fourth-order valence-corrected chi connectivity index (χ4v) is 2.10. The van der Waals surface area contributed by atoms with Crippen molar-refractivity contribution in [2.24, 2.45) is 0 Å². The number of hydrogen-bond donors (Lipinski definition) is 3. The maximum absolute atomic E-state index is 5.58. The monoisotopic (exact) mass is 251 g/mol.